The van der Waals surface area contributed by atoms with Crippen LogP contribution in [0.5, 0.6) is 0 Å². The van der Waals surface area contributed by atoms with Crippen LogP contribution in [0.15, 0.2) is 66.7 Å². The smallest absolute Gasteiger partial charge is 0.255 e. The summed E-state index contributed by atoms with van der Waals surface area (Å²) >= 11 is 0. The number of rotatable bonds is 6. The van der Waals surface area contributed by atoms with Crippen molar-refractivity contribution in [2.45, 2.75) is 20.3 Å². The van der Waals surface area contributed by atoms with Gasteiger partial charge in [-0.05, 0) is 79.4 Å². The Balaban J connectivity index is 1.56. The number of aryl methyl sites for hydroxylation is 1. The molecule has 3 rings (SSSR count). The van der Waals surface area contributed by atoms with Crippen molar-refractivity contribution in [3.8, 4) is 0 Å². The number of halogens is 1. The molecule has 0 spiro atoms. The summed E-state index contributed by atoms with van der Waals surface area (Å²) < 4.78 is 12.9. The van der Waals surface area contributed by atoms with Crippen LogP contribution in [0.3, 0.4) is 0 Å². The summed E-state index contributed by atoms with van der Waals surface area (Å²) in [6, 6.07) is 18.5. The molecule has 0 atom stereocenters. The van der Waals surface area contributed by atoms with Crippen molar-refractivity contribution in [2.75, 3.05) is 11.9 Å². The summed E-state index contributed by atoms with van der Waals surface area (Å²) in [6.45, 7) is 4.40. The van der Waals surface area contributed by atoms with Crippen molar-refractivity contribution in [2.24, 2.45) is 0 Å². The fraction of sp³-hybridized carbons (Fsp3) is 0.167. The van der Waals surface area contributed by atoms with Gasteiger partial charge in [-0.25, -0.2) is 4.39 Å². The first kappa shape index (κ1) is 20.3. The highest BCUT2D eigenvalue weighted by atomic mass is 19.1. The average Bonchev–Trinajstić information content (AvgIpc) is 2.73. The van der Waals surface area contributed by atoms with Crippen molar-refractivity contribution in [1.82, 2.24) is 5.32 Å². The topological polar surface area (TPSA) is 58.2 Å². The highest BCUT2D eigenvalue weighted by Crippen LogP contribution is 2.19. The minimum atomic E-state index is -0.278. The fourth-order valence-electron chi connectivity index (χ4n) is 2.93. The molecule has 0 aromatic heterocycles. The molecule has 0 saturated heterocycles. The predicted molar refractivity (Wildman–Crippen MR) is 113 cm³/mol. The number of benzene rings is 3. The third-order valence-electron chi connectivity index (χ3n) is 4.87. The van der Waals surface area contributed by atoms with Crippen molar-refractivity contribution >= 4 is 17.5 Å². The van der Waals surface area contributed by atoms with Crippen molar-refractivity contribution in [3.05, 3.63) is 100 Å². The van der Waals surface area contributed by atoms with E-state index in [9.17, 15) is 14.0 Å². The van der Waals surface area contributed by atoms with Gasteiger partial charge in [0.05, 0.1) is 0 Å². The number of amides is 2. The van der Waals surface area contributed by atoms with Crippen LogP contribution in [-0.4, -0.2) is 18.4 Å². The SMILES string of the molecule is Cc1cccc(NC(=O)c2ccc(C(=O)NCCc3ccc(F)cc3)cc2)c1C. The lowest BCUT2D eigenvalue weighted by molar-refractivity contribution is 0.0952. The molecule has 2 amide bonds. The fourth-order valence-corrected chi connectivity index (χ4v) is 2.93. The Hall–Kier alpha value is -3.47. The zero-order chi connectivity index (χ0) is 20.8. The average molecular weight is 390 g/mol. The lowest BCUT2D eigenvalue weighted by Crippen LogP contribution is -2.25. The van der Waals surface area contributed by atoms with Crippen LogP contribution in [0.25, 0.3) is 0 Å². The van der Waals surface area contributed by atoms with Gasteiger partial charge in [-0.15, -0.1) is 0 Å². The Morgan fingerprint density at radius 3 is 2.10 bits per heavy atom. The highest BCUT2D eigenvalue weighted by molar-refractivity contribution is 6.05. The number of hydrogen-bond acceptors (Lipinski definition) is 2. The van der Waals surface area contributed by atoms with E-state index in [0.29, 0.717) is 24.1 Å². The summed E-state index contributed by atoms with van der Waals surface area (Å²) in [5.41, 5.74) is 4.82. The summed E-state index contributed by atoms with van der Waals surface area (Å²) in [6.07, 6.45) is 0.613. The standard InChI is InChI=1S/C24H23FN2O2/c1-16-4-3-5-22(17(16)2)27-24(29)20-10-8-19(9-11-20)23(28)26-15-14-18-6-12-21(25)13-7-18/h3-13H,14-15H2,1-2H3,(H,26,28)(H,27,29). The van der Waals surface area contributed by atoms with E-state index in [0.717, 1.165) is 22.4 Å². The first-order valence-corrected chi connectivity index (χ1v) is 9.44. The quantitative estimate of drug-likeness (QED) is 0.643. The highest BCUT2D eigenvalue weighted by Gasteiger charge is 2.10. The monoisotopic (exact) mass is 390 g/mol. The van der Waals surface area contributed by atoms with Crippen LogP contribution in [0, 0.1) is 19.7 Å². The van der Waals surface area contributed by atoms with Gasteiger partial charge < -0.3 is 10.6 Å². The molecule has 0 fully saturated rings. The second-order valence-corrected chi connectivity index (χ2v) is 6.91. The molecule has 0 aliphatic heterocycles. The Morgan fingerprint density at radius 2 is 1.45 bits per heavy atom. The van der Waals surface area contributed by atoms with E-state index in [1.54, 1.807) is 36.4 Å². The summed E-state index contributed by atoms with van der Waals surface area (Å²) in [4.78, 5) is 24.7. The van der Waals surface area contributed by atoms with Crippen molar-refractivity contribution in [3.63, 3.8) is 0 Å². The van der Waals surface area contributed by atoms with E-state index < -0.39 is 0 Å². The van der Waals surface area contributed by atoms with Gasteiger partial charge in [0.15, 0.2) is 0 Å². The normalized spacial score (nSPS) is 10.4. The van der Waals surface area contributed by atoms with Crippen LogP contribution >= 0.6 is 0 Å². The van der Waals surface area contributed by atoms with Crippen LogP contribution in [0.2, 0.25) is 0 Å². The Bertz CT molecular complexity index is 1010. The van der Waals surface area contributed by atoms with E-state index in [4.69, 9.17) is 0 Å². The van der Waals surface area contributed by atoms with Crippen molar-refractivity contribution in [1.29, 1.82) is 0 Å². The van der Waals surface area contributed by atoms with Gasteiger partial charge in [-0.1, -0.05) is 24.3 Å². The molecular weight excluding hydrogens is 367 g/mol. The molecule has 4 nitrogen and oxygen atoms in total. The molecule has 0 aliphatic carbocycles. The van der Waals surface area contributed by atoms with Gasteiger partial charge in [-0.2, -0.15) is 0 Å². The van der Waals surface area contributed by atoms with Crippen LogP contribution in [0.4, 0.5) is 10.1 Å². The lowest BCUT2D eigenvalue weighted by atomic mass is 10.1. The van der Waals surface area contributed by atoms with E-state index in [1.807, 2.05) is 32.0 Å². The molecule has 0 heterocycles. The molecule has 3 aromatic carbocycles. The molecule has 0 unspecified atom stereocenters. The number of carbonyl (C=O) groups excluding carboxylic acids is 2. The molecule has 0 radical (unpaired) electrons. The molecule has 148 valence electrons. The van der Waals surface area contributed by atoms with Gasteiger partial charge in [0.25, 0.3) is 11.8 Å². The van der Waals surface area contributed by atoms with E-state index in [1.165, 1.54) is 12.1 Å². The molecule has 5 heteroatoms. The van der Waals surface area contributed by atoms with Crippen molar-refractivity contribution < 1.29 is 14.0 Å². The molecule has 29 heavy (non-hydrogen) atoms. The minimum Gasteiger partial charge on any atom is -0.352 e. The summed E-state index contributed by atoms with van der Waals surface area (Å²) in [5.74, 6) is -0.713. The first-order valence-electron chi connectivity index (χ1n) is 9.44. The maximum absolute atomic E-state index is 12.9. The van der Waals surface area contributed by atoms with Gasteiger partial charge in [-0.3, -0.25) is 9.59 Å². The van der Waals surface area contributed by atoms with Crippen LogP contribution in [0.1, 0.15) is 37.4 Å². The Morgan fingerprint density at radius 1 is 0.828 bits per heavy atom. The second kappa shape index (κ2) is 9.15. The Labute approximate surface area is 169 Å². The number of nitrogens with one attached hydrogen (secondary N) is 2. The number of anilines is 1. The minimum absolute atomic E-state index is 0.214. The zero-order valence-corrected chi connectivity index (χ0v) is 16.5. The lowest BCUT2D eigenvalue weighted by Gasteiger charge is -2.11. The molecule has 0 bridgehead atoms. The first-order chi connectivity index (χ1) is 13.9. The van der Waals surface area contributed by atoms with E-state index in [-0.39, 0.29) is 17.6 Å². The van der Waals surface area contributed by atoms with Crippen LogP contribution < -0.4 is 10.6 Å². The zero-order valence-electron chi connectivity index (χ0n) is 16.5. The molecule has 3 aromatic rings. The number of carbonyl (C=O) groups is 2. The maximum Gasteiger partial charge on any atom is 0.255 e. The third-order valence-corrected chi connectivity index (χ3v) is 4.87. The summed E-state index contributed by atoms with van der Waals surface area (Å²) in [5, 5.41) is 5.74. The van der Waals surface area contributed by atoms with Gasteiger partial charge in [0.2, 0.25) is 0 Å². The third kappa shape index (κ3) is 5.29. The second-order valence-electron chi connectivity index (χ2n) is 6.91. The molecule has 0 saturated carbocycles. The summed E-state index contributed by atoms with van der Waals surface area (Å²) in [7, 11) is 0. The molecule has 0 aliphatic rings. The van der Waals surface area contributed by atoms with Gasteiger partial charge in [0.1, 0.15) is 5.82 Å². The van der Waals surface area contributed by atoms with E-state index >= 15 is 0 Å². The van der Waals surface area contributed by atoms with E-state index in [2.05, 4.69) is 10.6 Å². The number of hydrogen-bond donors (Lipinski definition) is 2. The molecular formula is C24H23FN2O2. The Kier molecular flexibility index (Phi) is 6.39. The largest absolute Gasteiger partial charge is 0.352 e. The predicted octanol–water partition coefficient (Wildman–Crippen LogP) is 4.67. The van der Waals surface area contributed by atoms with Gasteiger partial charge in [0, 0.05) is 23.4 Å². The van der Waals surface area contributed by atoms with Crippen LogP contribution in [-0.2, 0) is 6.42 Å². The maximum atomic E-state index is 12.9. The molecule has 2 N–H and O–H groups in total. The van der Waals surface area contributed by atoms with Gasteiger partial charge >= 0.3 is 0 Å².